The fourth-order valence-electron chi connectivity index (χ4n) is 1.22. The van der Waals surface area contributed by atoms with E-state index >= 15 is 0 Å². The number of rotatable bonds is 2. The molecule has 1 aromatic carbocycles. The number of benzene rings is 1. The molecule has 0 aliphatic heterocycles. The van der Waals surface area contributed by atoms with Gasteiger partial charge in [-0.1, -0.05) is 0 Å². The molecular formula is C11H7F2NOS. The van der Waals surface area contributed by atoms with Gasteiger partial charge in [-0.3, -0.25) is 4.79 Å². The van der Waals surface area contributed by atoms with Crippen LogP contribution in [0.25, 0.3) is 0 Å². The van der Waals surface area contributed by atoms with Gasteiger partial charge in [0.15, 0.2) is 0 Å². The lowest BCUT2D eigenvalue weighted by atomic mass is 10.2. The summed E-state index contributed by atoms with van der Waals surface area (Å²) in [6.07, 6.45) is 0. The van der Waals surface area contributed by atoms with Crippen LogP contribution >= 0.6 is 11.3 Å². The van der Waals surface area contributed by atoms with Crippen LogP contribution in [0.5, 0.6) is 0 Å². The number of hydrogen-bond donors (Lipinski definition) is 1. The summed E-state index contributed by atoms with van der Waals surface area (Å²) in [4.78, 5) is 11.5. The number of thiophene rings is 1. The molecule has 1 heterocycles. The Hall–Kier alpha value is -1.75. The molecule has 1 amide bonds. The number of halogens is 2. The number of amides is 1. The summed E-state index contributed by atoms with van der Waals surface area (Å²) in [5.41, 5.74) is 0.573. The smallest absolute Gasteiger partial charge is 0.256 e. The minimum absolute atomic E-state index is 0.105. The van der Waals surface area contributed by atoms with E-state index in [1.807, 2.05) is 0 Å². The number of hydrogen-bond acceptors (Lipinski definition) is 2. The molecule has 0 radical (unpaired) electrons. The Kier molecular flexibility index (Phi) is 2.96. The third kappa shape index (κ3) is 2.43. The predicted molar refractivity (Wildman–Crippen MR) is 58.6 cm³/mol. The largest absolute Gasteiger partial charge is 0.322 e. The van der Waals surface area contributed by atoms with E-state index in [0.29, 0.717) is 5.56 Å². The highest BCUT2D eigenvalue weighted by Crippen LogP contribution is 2.15. The van der Waals surface area contributed by atoms with E-state index in [9.17, 15) is 13.6 Å². The van der Waals surface area contributed by atoms with E-state index in [1.54, 1.807) is 16.8 Å². The van der Waals surface area contributed by atoms with E-state index in [-0.39, 0.29) is 11.6 Å². The average Bonchev–Trinajstić information content (AvgIpc) is 2.68. The Morgan fingerprint density at radius 2 is 1.88 bits per heavy atom. The first-order valence-corrected chi connectivity index (χ1v) is 5.39. The molecule has 5 heteroatoms. The SMILES string of the molecule is O=C(Nc1cc(F)cc(F)c1)c1ccsc1. The monoisotopic (exact) mass is 239 g/mol. The topological polar surface area (TPSA) is 29.1 Å². The van der Waals surface area contributed by atoms with Crippen LogP contribution in [0.2, 0.25) is 0 Å². The minimum atomic E-state index is -0.722. The van der Waals surface area contributed by atoms with E-state index in [4.69, 9.17) is 0 Å². The van der Waals surface area contributed by atoms with Crippen molar-refractivity contribution in [2.24, 2.45) is 0 Å². The van der Waals surface area contributed by atoms with Crippen LogP contribution in [0.4, 0.5) is 14.5 Å². The third-order valence-corrected chi connectivity index (χ3v) is 2.59. The maximum atomic E-state index is 12.8. The van der Waals surface area contributed by atoms with E-state index < -0.39 is 11.6 Å². The second-order valence-electron chi connectivity index (χ2n) is 3.12. The minimum Gasteiger partial charge on any atom is -0.322 e. The van der Waals surface area contributed by atoms with E-state index in [0.717, 1.165) is 18.2 Å². The second kappa shape index (κ2) is 4.40. The number of carbonyl (C=O) groups excluding carboxylic acids is 1. The van der Waals surface area contributed by atoms with Crippen molar-refractivity contribution in [2.45, 2.75) is 0 Å². The molecule has 0 aliphatic carbocycles. The van der Waals surface area contributed by atoms with Crippen LogP contribution in [0, 0.1) is 11.6 Å². The lowest BCUT2D eigenvalue weighted by Crippen LogP contribution is -2.11. The van der Waals surface area contributed by atoms with Gasteiger partial charge in [-0.2, -0.15) is 11.3 Å². The summed E-state index contributed by atoms with van der Waals surface area (Å²) in [6.45, 7) is 0. The molecule has 0 fully saturated rings. The summed E-state index contributed by atoms with van der Waals surface area (Å²) in [7, 11) is 0. The lowest BCUT2D eigenvalue weighted by Gasteiger charge is -2.03. The lowest BCUT2D eigenvalue weighted by molar-refractivity contribution is 0.102. The van der Waals surface area contributed by atoms with E-state index in [1.165, 1.54) is 11.3 Å². The first-order valence-electron chi connectivity index (χ1n) is 4.45. The zero-order valence-corrected chi connectivity index (χ0v) is 8.85. The van der Waals surface area contributed by atoms with Crippen molar-refractivity contribution < 1.29 is 13.6 Å². The highest BCUT2D eigenvalue weighted by atomic mass is 32.1. The van der Waals surface area contributed by atoms with Crippen molar-refractivity contribution >= 4 is 22.9 Å². The quantitative estimate of drug-likeness (QED) is 0.856. The fourth-order valence-corrected chi connectivity index (χ4v) is 1.86. The van der Waals surface area contributed by atoms with Gasteiger partial charge in [-0.05, 0) is 23.6 Å². The molecule has 1 aromatic heterocycles. The zero-order valence-electron chi connectivity index (χ0n) is 8.04. The van der Waals surface area contributed by atoms with Crippen LogP contribution in [-0.4, -0.2) is 5.91 Å². The standard InChI is InChI=1S/C11H7F2NOS/c12-8-3-9(13)5-10(4-8)14-11(15)7-1-2-16-6-7/h1-6H,(H,14,15). The molecule has 1 N–H and O–H groups in total. The highest BCUT2D eigenvalue weighted by Gasteiger charge is 2.07. The average molecular weight is 239 g/mol. The Bertz CT molecular complexity index is 490. The molecule has 16 heavy (non-hydrogen) atoms. The molecule has 0 atom stereocenters. The summed E-state index contributed by atoms with van der Waals surface area (Å²) in [5, 5.41) is 5.82. The Morgan fingerprint density at radius 3 is 2.44 bits per heavy atom. The Labute approximate surface area is 94.5 Å². The van der Waals surface area contributed by atoms with Crippen LogP contribution in [0.3, 0.4) is 0 Å². The molecule has 0 saturated carbocycles. The Balaban J connectivity index is 2.18. The zero-order chi connectivity index (χ0) is 11.5. The van der Waals surface area contributed by atoms with Crippen LogP contribution in [-0.2, 0) is 0 Å². The summed E-state index contributed by atoms with van der Waals surface area (Å²) >= 11 is 1.38. The molecule has 0 aliphatic rings. The van der Waals surface area contributed by atoms with Crippen LogP contribution in [0.1, 0.15) is 10.4 Å². The number of anilines is 1. The van der Waals surface area contributed by atoms with Gasteiger partial charge in [0.1, 0.15) is 11.6 Å². The third-order valence-electron chi connectivity index (χ3n) is 1.90. The number of carbonyl (C=O) groups is 1. The van der Waals surface area contributed by atoms with Crippen LogP contribution in [0.15, 0.2) is 35.0 Å². The summed E-state index contributed by atoms with van der Waals surface area (Å²) in [6, 6.07) is 4.51. The number of nitrogens with one attached hydrogen (secondary N) is 1. The predicted octanol–water partition coefficient (Wildman–Crippen LogP) is 3.28. The fraction of sp³-hybridized carbons (Fsp3) is 0. The van der Waals surface area contributed by atoms with Gasteiger partial charge in [0.25, 0.3) is 5.91 Å². The molecule has 0 saturated heterocycles. The maximum Gasteiger partial charge on any atom is 0.256 e. The second-order valence-corrected chi connectivity index (χ2v) is 3.90. The molecule has 0 bridgehead atoms. The van der Waals surface area contributed by atoms with Gasteiger partial charge in [0.05, 0.1) is 5.56 Å². The summed E-state index contributed by atoms with van der Waals surface area (Å²) in [5.74, 6) is -1.83. The van der Waals surface area contributed by atoms with Crippen molar-refractivity contribution in [3.8, 4) is 0 Å². The van der Waals surface area contributed by atoms with Crippen LogP contribution < -0.4 is 5.32 Å². The van der Waals surface area contributed by atoms with Gasteiger partial charge in [0, 0.05) is 17.1 Å². The first-order chi connectivity index (χ1) is 7.65. The summed E-state index contributed by atoms with van der Waals surface area (Å²) < 4.78 is 25.7. The van der Waals surface area contributed by atoms with Crippen molar-refractivity contribution in [2.75, 3.05) is 5.32 Å². The van der Waals surface area contributed by atoms with Crippen molar-refractivity contribution in [1.29, 1.82) is 0 Å². The maximum absolute atomic E-state index is 12.8. The molecule has 2 rings (SSSR count). The van der Waals surface area contributed by atoms with Gasteiger partial charge in [0.2, 0.25) is 0 Å². The molecule has 0 unspecified atom stereocenters. The molecule has 82 valence electrons. The van der Waals surface area contributed by atoms with Crippen molar-refractivity contribution in [3.05, 3.63) is 52.2 Å². The van der Waals surface area contributed by atoms with Crippen molar-refractivity contribution in [3.63, 3.8) is 0 Å². The van der Waals surface area contributed by atoms with Gasteiger partial charge >= 0.3 is 0 Å². The molecule has 0 spiro atoms. The van der Waals surface area contributed by atoms with Crippen molar-refractivity contribution in [1.82, 2.24) is 0 Å². The van der Waals surface area contributed by atoms with Gasteiger partial charge in [-0.25, -0.2) is 8.78 Å². The molecular weight excluding hydrogens is 232 g/mol. The Morgan fingerprint density at radius 1 is 1.19 bits per heavy atom. The molecule has 2 nitrogen and oxygen atoms in total. The van der Waals surface area contributed by atoms with Gasteiger partial charge in [-0.15, -0.1) is 0 Å². The normalized spacial score (nSPS) is 10.1. The first kappa shape index (κ1) is 10.8. The van der Waals surface area contributed by atoms with E-state index in [2.05, 4.69) is 5.32 Å². The molecule has 2 aromatic rings. The van der Waals surface area contributed by atoms with Gasteiger partial charge < -0.3 is 5.32 Å². The highest BCUT2D eigenvalue weighted by molar-refractivity contribution is 7.08.